The second kappa shape index (κ2) is 5.97. The van der Waals surface area contributed by atoms with Crippen LogP contribution in [0, 0.1) is 0 Å². The zero-order valence-corrected chi connectivity index (χ0v) is 8.83. The Morgan fingerprint density at radius 1 is 1.41 bits per heavy atom. The van der Waals surface area contributed by atoms with Crippen molar-refractivity contribution in [1.82, 2.24) is 15.3 Å². The van der Waals surface area contributed by atoms with Crippen LogP contribution in [0.15, 0.2) is 12.5 Å². The molecule has 94 valence electrons. The number of aliphatic hydroxyl groups is 1. The molecular formula is C9H13N3O5. The van der Waals surface area contributed by atoms with Gasteiger partial charge in [-0.2, -0.15) is 0 Å². The van der Waals surface area contributed by atoms with E-state index in [0.717, 1.165) is 5.69 Å². The van der Waals surface area contributed by atoms with Crippen molar-refractivity contribution < 1.29 is 24.9 Å². The number of aromatic nitrogens is 2. The van der Waals surface area contributed by atoms with Gasteiger partial charge in [0.1, 0.15) is 6.04 Å². The van der Waals surface area contributed by atoms with E-state index in [1.54, 1.807) is 6.20 Å². The summed E-state index contributed by atoms with van der Waals surface area (Å²) in [5.74, 6) is -2.99. The first-order valence-corrected chi connectivity index (χ1v) is 4.86. The monoisotopic (exact) mass is 243 g/mol. The summed E-state index contributed by atoms with van der Waals surface area (Å²) in [7, 11) is 0. The second-order valence-electron chi connectivity index (χ2n) is 3.38. The zero-order chi connectivity index (χ0) is 12.8. The smallest absolute Gasteiger partial charge is 0.334 e. The molecule has 17 heavy (non-hydrogen) atoms. The third-order valence-corrected chi connectivity index (χ3v) is 2.15. The molecule has 1 aromatic heterocycles. The minimum Gasteiger partial charge on any atom is -0.480 e. The van der Waals surface area contributed by atoms with E-state index in [1.807, 2.05) is 0 Å². The Balaban J connectivity index is 2.45. The Morgan fingerprint density at radius 3 is 2.59 bits per heavy atom. The van der Waals surface area contributed by atoms with Crippen molar-refractivity contribution in [2.75, 3.05) is 6.54 Å². The number of imidazole rings is 1. The number of nitrogens with one attached hydrogen (secondary N) is 2. The van der Waals surface area contributed by atoms with Crippen LogP contribution in [-0.4, -0.2) is 55.9 Å². The van der Waals surface area contributed by atoms with Gasteiger partial charge in [0, 0.05) is 24.9 Å². The number of H-pyrrole nitrogens is 1. The molecule has 0 aliphatic rings. The lowest BCUT2D eigenvalue weighted by atomic mass is 10.1. The number of carbonyl (C=O) groups is 2. The fraction of sp³-hybridized carbons (Fsp3) is 0.444. The van der Waals surface area contributed by atoms with E-state index >= 15 is 0 Å². The molecule has 8 heteroatoms. The van der Waals surface area contributed by atoms with Crippen molar-refractivity contribution in [2.24, 2.45) is 0 Å². The molecule has 0 amide bonds. The maximum Gasteiger partial charge on any atom is 0.334 e. The van der Waals surface area contributed by atoms with Crippen LogP contribution in [0.25, 0.3) is 0 Å². The first-order chi connectivity index (χ1) is 8.02. The van der Waals surface area contributed by atoms with E-state index in [-0.39, 0.29) is 6.54 Å². The predicted molar refractivity (Wildman–Crippen MR) is 55.4 cm³/mol. The molecular weight excluding hydrogens is 230 g/mol. The summed E-state index contributed by atoms with van der Waals surface area (Å²) < 4.78 is 0. The van der Waals surface area contributed by atoms with Crippen molar-refractivity contribution in [3.05, 3.63) is 18.2 Å². The third kappa shape index (κ3) is 3.85. The van der Waals surface area contributed by atoms with E-state index in [9.17, 15) is 9.59 Å². The number of nitrogens with zero attached hydrogens (tertiary/aromatic N) is 1. The van der Waals surface area contributed by atoms with Gasteiger partial charge in [0.15, 0.2) is 6.10 Å². The Hall–Kier alpha value is -1.93. The van der Waals surface area contributed by atoms with Crippen LogP contribution in [-0.2, 0) is 16.0 Å². The van der Waals surface area contributed by atoms with Crippen LogP contribution in [0.2, 0.25) is 0 Å². The number of carboxylic acids is 2. The van der Waals surface area contributed by atoms with Gasteiger partial charge in [-0.3, -0.25) is 4.79 Å². The lowest BCUT2D eigenvalue weighted by Gasteiger charge is -2.16. The molecule has 0 fully saturated rings. The Morgan fingerprint density at radius 2 is 2.12 bits per heavy atom. The van der Waals surface area contributed by atoms with Gasteiger partial charge in [-0.15, -0.1) is 0 Å². The van der Waals surface area contributed by atoms with Crippen molar-refractivity contribution in [3.63, 3.8) is 0 Å². The number of rotatable bonds is 7. The number of hydrogen-bond acceptors (Lipinski definition) is 5. The largest absolute Gasteiger partial charge is 0.480 e. The van der Waals surface area contributed by atoms with Gasteiger partial charge in [-0.25, -0.2) is 9.78 Å². The molecule has 0 aromatic carbocycles. The van der Waals surface area contributed by atoms with Gasteiger partial charge in [0.05, 0.1) is 6.33 Å². The molecule has 2 atom stereocenters. The molecule has 0 spiro atoms. The Labute approximate surface area is 96.3 Å². The molecule has 5 N–H and O–H groups in total. The molecule has 1 aromatic rings. The normalized spacial score (nSPS) is 14.2. The number of hydrogen-bond donors (Lipinski definition) is 5. The fourth-order valence-corrected chi connectivity index (χ4v) is 1.26. The maximum absolute atomic E-state index is 10.7. The van der Waals surface area contributed by atoms with Crippen LogP contribution >= 0.6 is 0 Å². The molecule has 1 rings (SSSR count). The lowest BCUT2D eigenvalue weighted by molar-refractivity contribution is -0.156. The molecule has 0 bridgehead atoms. The summed E-state index contributed by atoms with van der Waals surface area (Å²) >= 11 is 0. The average molecular weight is 243 g/mol. The zero-order valence-electron chi connectivity index (χ0n) is 8.83. The number of aromatic amines is 1. The summed E-state index contributed by atoms with van der Waals surface area (Å²) in [5, 5.41) is 28.9. The topological polar surface area (TPSA) is 136 Å². The van der Waals surface area contributed by atoms with Crippen LogP contribution in [0.5, 0.6) is 0 Å². The van der Waals surface area contributed by atoms with Gasteiger partial charge in [-0.1, -0.05) is 0 Å². The fourth-order valence-electron chi connectivity index (χ4n) is 1.26. The predicted octanol–water partition coefficient (Wildman–Crippen LogP) is -1.56. The van der Waals surface area contributed by atoms with Crippen molar-refractivity contribution in [3.8, 4) is 0 Å². The van der Waals surface area contributed by atoms with E-state index < -0.39 is 24.1 Å². The van der Waals surface area contributed by atoms with Gasteiger partial charge < -0.3 is 25.6 Å². The number of carboxylic acid groups (broad SMARTS) is 2. The molecule has 0 aliphatic carbocycles. The standard InChI is InChI=1S/C9H13N3O5/c13-7(9(16)17)6(8(14)15)11-2-1-5-3-10-4-12-5/h3-4,6-7,11,13H,1-2H2,(H,10,12)(H,14,15)(H,16,17). The summed E-state index contributed by atoms with van der Waals surface area (Å²) in [6.07, 6.45) is 1.53. The van der Waals surface area contributed by atoms with Crippen LogP contribution in [0.3, 0.4) is 0 Å². The van der Waals surface area contributed by atoms with Gasteiger partial charge >= 0.3 is 11.9 Å². The highest BCUT2D eigenvalue weighted by atomic mass is 16.4. The first kappa shape index (κ1) is 13.1. The maximum atomic E-state index is 10.7. The van der Waals surface area contributed by atoms with Crippen LogP contribution in [0.4, 0.5) is 0 Å². The summed E-state index contributed by atoms with van der Waals surface area (Å²) in [4.78, 5) is 27.8. The van der Waals surface area contributed by atoms with E-state index in [1.165, 1.54) is 6.33 Å². The van der Waals surface area contributed by atoms with Gasteiger partial charge in [0.2, 0.25) is 0 Å². The summed E-state index contributed by atoms with van der Waals surface area (Å²) in [6, 6.07) is -1.53. The third-order valence-electron chi connectivity index (χ3n) is 2.15. The van der Waals surface area contributed by atoms with Gasteiger partial charge in [0.25, 0.3) is 0 Å². The van der Waals surface area contributed by atoms with Crippen molar-refractivity contribution >= 4 is 11.9 Å². The van der Waals surface area contributed by atoms with Crippen molar-refractivity contribution in [1.29, 1.82) is 0 Å². The highest BCUT2D eigenvalue weighted by Crippen LogP contribution is 1.97. The summed E-state index contributed by atoms with van der Waals surface area (Å²) in [5.41, 5.74) is 0.784. The quantitative estimate of drug-likeness (QED) is 0.390. The lowest BCUT2D eigenvalue weighted by Crippen LogP contribution is -2.50. The minimum absolute atomic E-state index is 0.212. The molecule has 8 nitrogen and oxygen atoms in total. The number of aliphatic hydroxyl groups excluding tert-OH is 1. The molecule has 0 aliphatic heterocycles. The van der Waals surface area contributed by atoms with E-state index in [4.69, 9.17) is 15.3 Å². The first-order valence-electron chi connectivity index (χ1n) is 4.86. The van der Waals surface area contributed by atoms with E-state index in [0.29, 0.717) is 6.42 Å². The van der Waals surface area contributed by atoms with E-state index in [2.05, 4.69) is 15.3 Å². The SMILES string of the molecule is O=C(O)C(O)C(NCCc1cnc[nH]1)C(=O)O. The van der Waals surface area contributed by atoms with Gasteiger partial charge in [-0.05, 0) is 0 Å². The minimum atomic E-state index is -1.98. The van der Waals surface area contributed by atoms with Crippen molar-refractivity contribution in [2.45, 2.75) is 18.6 Å². The average Bonchev–Trinajstić information content (AvgIpc) is 2.75. The molecule has 0 radical (unpaired) electrons. The Bertz CT molecular complexity index is 378. The van der Waals surface area contributed by atoms with Crippen LogP contribution < -0.4 is 5.32 Å². The highest BCUT2D eigenvalue weighted by molar-refractivity contribution is 5.84. The number of aliphatic carboxylic acids is 2. The second-order valence-corrected chi connectivity index (χ2v) is 3.38. The molecule has 0 saturated carbocycles. The summed E-state index contributed by atoms with van der Waals surface area (Å²) in [6.45, 7) is 0.212. The highest BCUT2D eigenvalue weighted by Gasteiger charge is 2.31. The molecule has 1 heterocycles. The molecule has 2 unspecified atom stereocenters. The Kier molecular flexibility index (Phi) is 4.61. The molecule has 0 saturated heterocycles. The van der Waals surface area contributed by atoms with Crippen LogP contribution in [0.1, 0.15) is 5.69 Å².